The number of nitrogens with zero attached hydrogens (tertiary/aromatic N) is 2. The van der Waals surface area contributed by atoms with E-state index < -0.39 is 5.97 Å². The van der Waals surface area contributed by atoms with Crippen LogP contribution in [0, 0.1) is 5.41 Å². The summed E-state index contributed by atoms with van der Waals surface area (Å²) in [7, 11) is 0. The molecule has 0 fully saturated rings. The molecule has 0 aliphatic rings. The molecular formula is C12H18IN3O4. The van der Waals surface area contributed by atoms with E-state index >= 15 is 0 Å². The Hall–Kier alpha value is -1.19. The number of alkyl halides is 1. The number of amides is 1. The second-order valence-corrected chi connectivity index (χ2v) is 6.41. The summed E-state index contributed by atoms with van der Waals surface area (Å²) in [5.41, 5.74) is -0.143. The lowest BCUT2D eigenvalue weighted by Gasteiger charge is -2.24. The summed E-state index contributed by atoms with van der Waals surface area (Å²) in [6.45, 7) is 7.94. The minimum absolute atomic E-state index is 0.0841. The van der Waals surface area contributed by atoms with Gasteiger partial charge >= 0.3 is 11.9 Å². The van der Waals surface area contributed by atoms with Gasteiger partial charge in [0.15, 0.2) is 0 Å². The van der Waals surface area contributed by atoms with Crippen molar-refractivity contribution in [1.82, 2.24) is 15.5 Å². The third-order valence-corrected chi connectivity index (χ3v) is 4.76. The molecule has 0 aliphatic heterocycles. The van der Waals surface area contributed by atoms with Crippen LogP contribution in [-0.4, -0.2) is 32.6 Å². The lowest BCUT2D eigenvalue weighted by atomic mass is 9.92. The molecule has 1 aromatic heterocycles. The van der Waals surface area contributed by atoms with Gasteiger partial charge in [0.25, 0.3) is 0 Å². The zero-order valence-corrected chi connectivity index (χ0v) is 14.1. The third kappa shape index (κ3) is 4.73. The van der Waals surface area contributed by atoms with Gasteiger partial charge in [-0.15, -0.1) is 10.2 Å². The number of carbonyl (C=O) groups is 2. The van der Waals surface area contributed by atoms with Gasteiger partial charge in [-0.1, -0.05) is 43.4 Å². The Balaban J connectivity index is 2.55. The van der Waals surface area contributed by atoms with Crippen LogP contribution < -0.4 is 5.32 Å². The highest BCUT2D eigenvalue weighted by Crippen LogP contribution is 2.26. The Morgan fingerprint density at radius 2 is 2.05 bits per heavy atom. The van der Waals surface area contributed by atoms with Crippen LogP contribution in [0.2, 0.25) is 0 Å². The van der Waals surface area contributed by atoms with E-state index in [0.717, 1.165) is 0 Å². The van der Waals surface area contributed by atoms with E-state index in [0.29, 0.717) is 0 Å². The van der Waals surface area contributed by atoms with Crippen molar-refractivity contribution >= 4 is 34.5 Å². The van der Waals surface area contributed by atoms with Gasteiger partial charge in [0.05, 0.1) is 17.1 Å². The quantitative estimate of drug-likeness (QED) is 0.464. The molecule has 1 amide bonds. The molecule has 1 unspecified atom stereocenters. The molecule has 1 N–H and O–H groups in total. The van der Waals surface area contributed by atoms with E-state index in [1.807, 2.05) is 20.8 Å². The average Bonchev–Trinajstić information content (AvgIpc) is 2.83. The highest BCUT2D eigenvalue weighted by Gasteiger charge is 2.28. The van der Waals surface area contributed by atoms with Gasteiger partial charge in [0, 0.05) is 0 Å². The Labute approximate surface area is 131 Å². The van der Waals surface area contributed by atoms with E-state index in [-0.39, 0.29) is 40.2 Å². The van der Waals surface area contributed by atoms with Gasteiger partial charge in [-0.2, -0.15) is 0 Å². The first-order valence-electron chi connectivity index (χ1n) is 6.17. The van der Waals surface area contributed by atoms with E-state index in [4.69, 9.17) is 9.15 Å². The number of carbonyl (C=O) groups excluding carboxylic acids is 2. The fraction of sp³-hybridized carbons (Fsp3) is 0.667. The van der Waals surface area contributed by atoms with E-state index in [2.05, 4.69) is 38.1 Å². The van der Waals surface area contributed by atoms with Gasteiger partial charge in [-0.25, -0.2) is 4.79 Å². The molecule has 0 aliphatic carbocycles. The maximum Gasteiger partial charge on any atom is 0.396 e. The van der Waals surface area contributed by atoms with Gasteiger partial charge in [0.2, 0.25) is 11.8 Å². The maximum absolute atomic E-state index is 11.9. The number of nitrogens with one attached hydrogen (secondary N) is 1. The van der Waals surface area contributed by atoms with Crippen LogP contribution >= 0.6 is 22.6 Å². The lowest BCUT2D eigenvalue weighted by molar-refractivity contribution is -0.122. The fourth-order valence-electron chi connectivity index (χ4n) is 1.25. The number of halogens is 1. The Morgan fingerprint density at radius 3 is 2.60 bits per heavy atom. The van der Waals surface area contributed by atoms with E-state index in [1.165, 1.54) is 0 Å². The summed E-state index contributed by atoms with van der Waals surface area (Å²) >= 11 is 2.09. The van der Waals surface area contributed by atoms with Crippen LogP contribution in [0.4, 0.5) is 0 Å². The predicted octanol–water partition coefficient (Wildman–Crippen LogP) is 1.71. The standard InChI is InChI=1S/C12H18IN3O4/c1-5-19-11(18)10-16-15-7(20-10)6-14-9(17)8(13)12(2,3)4/h8H,5-6H2,1-4H3,(H,14,17). The number of hydrogen-bond acceptors (Lipinski definition) is 6. The monoisotopic (exact) mass is 395 g/mol. The van der Waals surface area contributed by atoms with Gasteiger partial charge < -0.3 is 14.5 Å². The molecule has 0 spiro atoms. The topological polar surface area (TPSA) is 94.3 Å². The minimum atomic E-state index is -0.668. The van der Waals surface area contributed by atoms with Crippen LogP contribution in [-0.2, 0) is 16.1 Å². The summed E-state index contributed by atoms with van der Waals surface area (Å²) in [5.74, 6) is -0.829. The zero-order chi connectivity index (χ0) is 15.3. The molecule has 0 aromatic carbocycles. The largest absolute Gasteiger partial charge is 0.459 e. The highest BCUT2D eigenvalue weighted by molar-refractivity contribution is 14.1. The van der Waals surface area contributed by atoms with Crippen LogP contribution in [0.1, 0.15) is 44.3 Å². The summed E-state index contributed by atoms with van der Waals surface area (Å²) in [6, 6.07) is 0. The van der Waals surface area contributed by atoms with Crippen molar-refractivity contribution in [3.63, 3.8) is 0 Å². The lowest BCUT2D eigenvalue weighted by Crippen LogP contribution is -2.38. The number of esters is 1. The Bertz CT molecular complexity index is 481. The third-order valence-electron chi connectivity index (χ3n) is 2.32. The first-order valence-corrected chi connectivity index (χ1v) is 7.41. The van der Waals surface area contributed by atoms with Crippen molar-refractivity contribution in [2.24, 2.45) is 5.41 Å². The van der Waals surface area contributed by atoms with Gasteiger partial charge in [-0.3, -0.25) is 4.79 Å². The van der Waals surface area contributed by atoms with Crippen LogP contribution in [0.15, 0.2) is 4.42 Å². The molecule has 8 heteroatoms. The van der Waals surface area contributed by atoms with Gasteiger partial charge in [0.1, 0.15) is 0 Å². The number of ether oxygens (including phenoxy) is 1. The second-order valence-electron chi connectivity index (χ2n) is 5.17. The summed E-state index contributed by atoms with van der Waals surface area (Å²) < 4.78 is 9.64. The first-order chi connectivity index (χ1) is 9.25. The fourth-order valence-corrected chi connectivity index (χ4v) is 1.47. The van der Waals surface area contributed by atoms with Crippen molar-refractivity contribution in [3.05, 3.63) is 11.8 Å². The zero-order valence-electron chi connectivity index (χ0n) is 11.9. The minimum Gasteiger partial charge on any atom is -0.459 e. The molecule has 20 heavy (non-hydrogen) atoms. The molecule has 0 radical (unpaired) electrons. The smallest absolute Gasteiger partial charge is 0.396 e. The number of rotatable bonds is 5. The Morgan fingerprint density at radius 1 is 1.40 bits per heavy atom. The van der Waals surface area contributed by atoms with Crippen molar-refractivity contribution in [3.8, 4) is 0 Å². The highest BCUT2D eigenvalue weighted by atomic mass is 127. The molecule has 112 valence electrons. The van der Waals surface area contributed by atoms with Crippen molar-refractivity contribution in [2.45, 2.75) is 38.2 Å². The van der Waals surface area contributed by atoms with Crippen LogP contribution in [0.3, 0.4) is 0 Å². The number of hydrogen-bond donors (Lipinski definition) is 1. The molecule has 0 bridgehead atoms. The summed E-state index contributed by atoms with van der Waals surface area (Å²) in [4.78, 5) is 23.2. The molecule has 1 heterocycles. The van der Waals surface area contributed by atoms with E-state index in [9.17, 15) is 9.59 Å². The number of aromatic nitrogens is 2. The van der Waals surface area contributed by atoms with Crippen molar-refractivity contribution in [1.29, 1.82) is 0 Å². The molecule has 1 aromatic rings. The van der Waals surface area contributed by atoms with Gasteiger partial charge in [-0.05, 0) is 12.3 Å². The molecule has 0 saturated heterocycles. The van der Waals surface area contributed by atoms with Crippen molar-refractivity contribution in [2.75, 3.05) is 6.61 Å². The summed E-state index contributed by atoms with van der Waals surface area (Å²) in [5, 5.41) is 9.93. The summed E-state index contributed by atoms with van der Waals surface area (Å²) in [6.07, 6.45) is 0. The van der Waals surface area contributed by atoms with E-state index in [1.54, 1.807) is 6.92 Å². The van der Waals surface area contributed by atoms with Crippen LogP contribution in [0.25, 0.3) is 0 Å². The predicted molar refractivity (Wildman–Crippen MR) is 79.4 cm³/mol. The normalized spacial score (nSPS) is 12.8. The molecule has 1 atom stereocenters. The second kappa shape index (κ2) is 7.00. The maximum atomic E-state index is 11.9. The SMILES string of the molecule is CCOC(=O)c1nnc(CNC(=O)C(I)C(C)(C)C)o1. The molecule has 0 saturated carbocycles. The van der Waals surface area contributed by atoms with Crippen molar-refractivity contribution < 1.29 is 18.7 Å². The first kappa shape index (κ1) is 16.9. The average molecular weight is 395 g/mol. The molecule has 1 rings (SSSR count). The Kier molecular flexibility index (Phi) is 5.90. The molecule has 7 nitrogen and oxygen atoms in total. The molecular weight excluding hydrogens is 377 g/mol. The van der Waals surface area contributed by atoms with Crippen LogP contribution in [0.5, 0.6) is 0 Å².